The number of alkyl halides is 3. The van der Waals surface area contributed by atoms with Gasteiger partial charge in [0.05, 0.1) is 16.9 Å². The lowest BCUT2D eigenvalue weighted by Gasteiger charge is -2.23. The fraction of sp³-hybridized carbons (Fsp3) is 0.200. The van der Waals surface area contributed by atoms with Gasteiger partial charge in [0.25, 0.3) is 0 Å². The standard InChI is InChI=1S/C30H27F3N2O3/c1-29(2,3)38-28(37)35-25-11-7-6-10-24(25)34-26(20-14-16-23(17-15-20)30(31,32)33)27(36)22-13-12-19-8-4-5-9-21(19)18-22/h4-18,26,34H,1-3H3,(H,35,37). The molecule has 2 N–H and O–H groups in total. The van der Waals surface area contributed by atoms with Gasteiger partial charge in [-0.15, -0.1) is 0 Å². The largest absolute Gasteiger partial charge is 0.444 e. The molecule has 0 heterocycles. The average molecular weight is 521 g/mol. The first-order chi connectivity index (χ1) is 17.9. The van der Waals surface area contributed by atoms with Crippen LogP contribution in [0.25, 0.3) is 10.8 Å². The van der Waals surface area contributed by atoms with Crippen molar-refractivity contribution in [2.75, 3.05) is 10.6 Å². The molecular weight excluding hydrogens is 493 g/mol. The Labute approximate surface area is 218 Å². The first-order valence-electron chi connectivity index (χ1n) is 12.0. The van der Waals surface area contributed by atoms with E-state index in [1.54, 1.807) is 57.2 Å². The van der Waals surface area contributed by atoms with Crippen molar-refractivity contribution in [3.8, 4) is 0 Å². The third-order valence-electron chi connectivity index (χ3n) is 5.73. The summed E-state index contributed by atoms with van der Waals surface area (Å²) in [5.74, 6) is -0.345. The predicted octanol–water partition coefficient (Wildman–Crippen LogP) is 8.24. The first kappa shape index (κ1) is 26.7. The van der Waals surface area contributed by atoms with Crippen molar-refractivity contribution in [1.82, 2.24) is 0 Å². The number of hydrogen-bond donors (Lipinski definition) is 2. The quantitative estimate of drug-likeness (QED) is 0.251. The Morgan fingerprint density at radius 2 is 1.37 bits per heavy atom. The number of benzene rings is 4. The van der Waals surface area contributed by atoms with Gasteiger partial charge in [-0.2, -0.15) is 13.2 Å². The van der Waals surface area contributed by atoms with Gasteiger partial charge in [0.2, 0.25) is 0 Å². The molecule has 0 bridgehead atoms. The number of anilines is 2. The number of fused-ring (bicyclic) bond motifs is 1. The number of hydrogen-bond acceptors (Lipinski definition) is 4. The number of carbonyl (C=O) groups is 2. The SMILES string of the molecule is CC(C)(C)OC(=O)Nc1ccccc1NC(C(=O)c1ccc2ccccc2c1)c1ccc(C(F)(F)F)cc1. The highest BCUT2D eigenvalue weighted by molar-refractivity contribution is 6.05. The molecule has 0 aliphatic carbocycles. The van der Waals surface area contributed by atoms with Gasteiger partial charge >= 0.3 is 12.3 Å². The van der Waals surface area contributed by atoms with E-state index >= 15 is 0 Å². The third kappa shape index (κ3) is 6.51. The highest BCUT2D eigenvalue weighted by atomic mass is 19.4. The lowest BCUT2D eigenvalue weighted by molar-refractivity contribution is -0.137. The summed E-state index contributed by atoms with van der Waals surface area (Å²) in [6.45, 7) is 5.21. The number of nitrogens with one attached hydrogen (secondary N) is 2. The number of Topliss-reactive ketones (excluding diaryl/α,β-unsaturated/α-hetero) is 1. The van der Waals surface area contributed by atoms with Gasteiger partial charge in [-0.05, 0) is 67.4 Å². The molecule has 4 aromatic rings. The molecule has 0 aromatic heterocycles. The molecule has 0 saturated heterocycles. The Kier molecular flexibility index (Phi) is 7.44. The summed E-state index contributed by atoms with van der Waals surface area (Å²) in [5, 5.41) is 7.62. The molecule has 38 heavy (non-hydrogen) atoms. The van der Waals surface area contributed by atoms with E-state index in [0.29, 0.717) is 22.5 Å². The second-order valence-corrected chi connectivity index (χ2v) is 9.80. The molecule has 4 aromatic carbocycles. The van der Waals surface area contributed by atoms with Crippen LogP contribution in [0.3, 0.4) is 0 Å². The van der Waals surface area contributed by atoms with E-state index in [-0.39, 0.29) is 5.78 Å². The molecule has 8 heteroatoms. The summed E-state index contributed by atoms with van der Waals surface area (Å²) in [6, 6.07) is 23.0. The summed E-state index contributed by atoms with van der Waals surface area (Å²) < 4.78 is 44.9. The molecule has 0 radical (unpaired) electrons. The van der Waals surface area contributed by atoms with Crippen molar-refractivity contribution in [3.05, 3.63) is 108 Å². The minimum atomic E-state index is -4.51. The number of halogens is 3. The van der Waals surface area contributed by atoms with Crippen LogP contribution in [0.2, 0.25) is 0 Å². The number of ether oxygens (including phenoxy) is 1. The lowest BCUT2D eigenvalue weighted by Crippen LogP contribution is -2.28. The number of amides is 1. The molecule has 4 rings (SSSR count). The van der Waals surface area contributed by atoms with Crippen molar-refractivity contribution in [2.45, 2.75) is 38.6 Å². The lowest BCUT2D eigenvalue weighted by atomic mass is 9.94. The van der Waals surface area contributed by atoms with E-state index in [9.17, 15) is 22.8 Å². The molecule has 0 fully saturated rings. The zero-order chi connectivity index (χ0) is 27.5. The minimum absolute atomic E-state index is 0.336. The zero-order valence-corrected chi connectivity index (χ0v) is 21.1. The third-order valence-corrected chi connectivity index (χ3v) is 5.73. The van der Waals surface area contributed by atoms with Crippen molar-refractivity contribution >= 4 is 34.0 Å². The summed E-state index contributed by atoms with van der Waals surface area (Å²) in [4.78, 5) is 26.2. The smallest absolute Gasteiger partial charge is 0.416 e. The predicted molar refractivity (Wildman–Crippen MR) is 142 cm³/mol. The van der Waals surface area contributed by atoms with E-state index in [2.05, 4.69) is 10.6 Å². The normalized spacial score (nSPS) is 12.6. The van der Waals surface area contributed by atoms with Crippen LogP contribution in [0.5, 0.6) is 0 Å². The van der Waals surface area contributed by atoms with E-state index in [1.807, 2.05) is 30.3 Å². The van der Waals surface area contributed by atoms with Gasteiger partial charge in [0, 0.05) is 5.56 Å². The van der Waals surface area contributed by atoms with E-state index in [4.69, 9.17) is 4.74 Å². The van der Waals surface area contributed by atoms with E-state index < -0.39 is 29.5 Å². The number of rotatable bonds is 6. The van der Waals surface area contributed by atoms with Crippen molar-refractivity contribution < 1.29 is 27.5 Å². The van der Waals surface area contributed by atoms with Gasteiger partial charge in [0.15, 0.2) is 5.78 Å². The molecule has 5 nitrogen and oxygen atoms in total. The summed E-state index contributed by atoms with van der Waals surface area (Å²) in [6.07, 6.45) is -5.19. The summed E-state index contributed by atoms with van der Waals surface area (Å²) in [7, 11) is 0. The minimum Gasteiger partial charge on any atom is -0.444 e. The Hall–Kier alpha value is -4.33. The molecule has 0 aliphatic rings. The van der Waals surface area contributed by atoms with Gasteiger partial charge in [-0.25, -0.2) is 4.79 Å². The molecule has 1 atom stereocenters. The molecule has 196 valence electrons. The number of ketones is 1. The average Bonchev–Trinajstić information content (AvgIpc) is 2.86. The van der Waals surface area contributed by atoms with Crippen molar-refractivity contribution in [2.24, 2.45) is 0 Å². The Morgan fingerprint density at radius 1 is 0.763 bits per heavy atom. The Balaban J connectivity index is 1.71. The fourth-order valence-electron chi connectivity index (χ4n) is 3.96. The van der Waals surface area contributed by atoms with Gasteiger partial charge in [-0.1, -0.05) is 60.7 Å². The Morgan fingerprint density at radius 3 is 2.00 bits per heavy atom. The second kappa shape index (κ2) is 10.6. The van der Waals surface area contributed by atoms with Crippen LogP contribution >= 0.6 is 0 Å². The van der Waals surface area contributed by atoms with Crippen LogP contribution in [0.1, 0.15) is 48.3 Å². The van der Waals surface area contributed by atoms with Gasteiger partial charge < -0.3 is 10.1 Å². The van der Waals surface area contributed by atoms with Crippen LogP contribution in [0, 0.1) is 0 Å². The summed E-state index contributed by atoms with van der Waals surface area (Å²) in [5.41, 5.74) is -0.0595. The molecular formula is C30H27F3N2O3. The topological polar surface area (TPSA) is 67.4 Å². The van der Waals surface area contributed by atoms with E-state index in [0.717, 1.165) is 22.9 Å². The zero-order valence-electron chi connectivity index (χ0n) is 21.1. The van der Waals surface area contributed by atoms with Gasteiger partial charge in [-0.3, -0.25) is 10.1 Å². The summed E-state index contributed by atoms with van der Waals surface area (Å²) >= 11 is 0. The van der Waals surface area contributed by atoms with Crippen LogP contribution in [0.4, 0.5) is 29.3 Å². The monoisotopic (exact) mass is 520 g/mol. The van der Waals surface area contributed by atoms with Gasteiger partial charge in [0.1, 0.15) is 11.6 Å². The van der Waals surface area contributed by atoms with Crippen molar-refractivity contribution in [3.63, 3.8) is 0 Å². The Bertz CT molecular complexity index is 1460. The highest BCUT2D eigenvalue weighted by Gasteiger charge is 2.31. The molecule has 1 amide bonds. The highest BCUT2D eigenvalue weighted by Crippen LogP contribution is 2.33. The fourth-order valence-corrected chi connectivity index (χ4v) is 3.96. The maximum absolute atomic E-state index is 13.8. The molecule has 0 aliphatic heterocycles. The molecule has 0 saturated carbocycles. The van der Waals surface area contributed by atoms with Crippen LogP contribution in [-0.2, 0) is 10.9 Å². The van der Waals surface area contributed by atoms with Crippen LogP contribution in [-0.4, -0.2) is 17.5 Å². The first-order valence-corrected chi connectivity index (χ1v) is 12.0. The van der Waals surface area contributed by atoms with Crippen LogP contribution < -0.4 is 10.6 Å². The maximum Gasteiger partial charge on any atom is 0.416 e. The molecule has 1 unspecified atom stereocenters. The van der Waals surface area contributed by atoms with E-state index in [1.165, 1.54) is 12.1 Å². The van der Waals surface area contributed by atoms with Crippen molar-refractivity contribution in [1.29, 1.82) is 0 Å². The number of carbonyl (C=O) groups excluding carboxylic acids is 2. The second-order valence-electron chi connectivity index (χ2n) is 9.80. The van der Waals surface area contributed by atoms with Crippen LogP contribution in [0.15, 0.2) is 91.0 Å². The molecule has 0 spiro atoms. The maximum atomic E-state index is 13.8. The number of para-hydroxylation sites is 2.